The van der Waals surface area contributed by atoms with Gasteiger partial charge in [-0.2, -0.15) is 0 Å². The van der Waals surface area contributed by atoms with Crippen LogP contribution in [-0.4, -0.2) is 26.7 Å². The number of hydrogen-bond acceptors (Lipinski definition) is 3. The standard InChI is InChI=1S/C34H37NO5/c1-2-3-4-8-25-12-14-26(15-13-25)24-40-30-18-16-27(17-19-30)28(22-34(38)39)21-29-23-35(20-7-11-33(36)37)32-10-6-5-9-31(29)32/h5-6,9-10,12-19,21,23H,2-4,7-8,11,20,22,24H2,1H3,(H,36,37)(H,38,39). The molecule has 208 valence electrons. The highest BCUT2D eigenvalue weighted by Gasteiger charge is 2.12. The van der Waals surface area contributed by atoms with E-state index in [0.29, 0.717) is 25.1 Å². The van der Waals surface area contributed by atoms with Crippen molar-refractivity contribution >= 4 is 34.5 Å². The molecule has 6 nitrogen and oxygen atoms in total. The van der Waals surface area contributed by atoms with Crippen molar-refractivity contribution < 1.29 is 24.5 Å². The van der Waals surface area contributed by atoms with Gasteiger partial charge in [0.2, 0.25) is 0 Å². The number of carbonyl (C=O) groups is 2. The minimum Gasteiger partial charge on any atom is -0.489 e. The first kappa shape index (κ1) is 28.7. The molecule has 0 aliphatic carbocycles. The summed E-state index contributed by atoms with van der Waals surface area (Å²) >= 11 is 0. The molecule has 0 spiro atoms. The van der Waals surface area contributed by atoms with Gasteiger partial charge in [0.15, 0.2) is 0 Å². The molecule has 0 saturated heterocycles. The van der Waals surface area contributed by atoms with Crippen LogP contribution in [0.4, 0.5) is 0 Å². The van der Waals surface area contributed by atoms with Crippen molar-refractivity contribution in [1.82, 2.24) is 4.57 Å². The first-order chi connectivity index (χ1) is 19.4. The molecule has 0 amide bonds. The number of unbranched alkanes of at least 4 members (excludes halogenated alkanes) is 2. The fraction of sp³-hybridized carbons (Fsp3) is 0.294. The molecule has 3 aromatic carbocycles. The molecule has 6 heteroatoms. The number of fused-ring (bicyclic) bond motifs is 1. The molecule has 0 radical (unpaired) electrons. The number of ether oxygens (including phenoxy) is 1. The zero-order chi connectivity index (χ0) is 28.3. The Hall–Kier alpha value is -4.32. The molecular weight excluding hydrogens is 502 g/mol. The first-order valence-electron chi connectivity index (χ1n) is 14.0. The van der Waals surface area contributed by atoms with Gasteiger partial charge >= 0.3 is 11.9 Å². The average molecular weight is 540 g/mol. The second-order valence-electron chi connectivity index (χ2n) is 10.1. The number of carboxylic acid groups (broad SMARTS) is 2. The Bertz CT molecular complexity index is 1450. The lowest BCUT2D eigenvalue weighted by molar-refractivity contribution is -0.137. The Morgan fingerprint density at radius 3 is 2.27 bits per heavy atom. The number of aromatic nitrogens is 1. The van der Waals surface area contributed by atoms with Gasteiger partial charge in [-0.3, -0.25) is 9.59 Å². The Morgan fingerprint density at radius 1 is 0.850 bits per heavy atom. The van der Waals surface area contributed by atoms with Crippen molar-refractivity contribution in [1.29, 1.82) is 0 Å². The highest BCUT2D eigenvalue weighted by molar-refractivity contribution is 5.98. The van der Waals surface area contributed by atoms with E-state index >= 15 is 0 Å². The van der Waals surface area contributed by atoms with Crippen LogP contribution in [0.15, 0.2) is 79.0 Å². The lowest BCUT2D eigenvalue weighted by Crippen LogP contribution is -2.00. The Balaban J connectivity index is 1.49. The van der Waals surface area contributed by atoms with Crippen LogP contribution in [0.5, 0.6) is 5.75 Å². The first-order valence-corrected chi connectivity index (χ1v) is 14.0. The molecule has 0 fully saturated rings. The molecule has 2 N–H and O–H groups in total. The Labute approximate surface area is 235 Å². The van der Waals surface area contributed by atoms with Gasteiger partial charge in [0.1, 0.15) is 12.4 Å². The Morgan fingerprint density at radius 2 is 1.57 bits per heavy atom. The number of carboxylic acids is 2. The maximum atomic E-state index is 11.7. The van der Waals surface area contributed by atoms with Gasteiger partial charge in [-0.1, -0.05) is 74.4 Å². The molecular formula is C34H37NO5. The summed E-state index contributed by atoms with van der Waals surface area (Å²) in [5.41, 5.74) is 5.85. The summed E-state index contributed by atoms with van der Waals surface area (Å²) in [7, 11) is 0. The van der Waals surface area contributed by atoms with Gasteiger partial charge in [0.25, 0.3) is 0 Å². The van der Waals surface area contributed by atoms with E-state index in [4.69, 9.17) is 9.84 Å². The minimum atomic E-state index is -0.907. The quantitative estimate of drug-likeness (QED) is 0.150. The van der Waals surface area contributed by atoms with Crippen molar-refractivity contribution in [3.63, 3.8) is 0 Å². The molecule has 0 aliphatic rings. The number of nitrogens with zero attached hydrogens (tertiary/aromatic N) is 1. The lowest BCUT2D eigenvalue weighted by Gasteiger charge is -2.10. The van der Waals surface area contributed by atoms with Crippen molar-refractivity contribution in [3.8, 4) is 5.75 Å². The van der Waals surface area contributed by atoms with E-state index in [1.165, 1.54) is 24.8 Å². The van der Waals surface area contributed by atoms with Crippen LogP contribution in [0.2, 0.25) is 0 Å². The maximum Gasteiger partial charge on any atom is 0.307 e. The number of hydrogen-bond donors (Lipinski definition) is 2. The molecule has 0 atom stereocenters. The molecule has 0 aliphatic heterocycles. The molecule has 0 unspecified atom stereocenters. The summed E-state index contributed by atoms with van der Waals surface area (Å²) in [6, 6.07) is 24.0. The monoisotopic (exact) mass is 539 g/mol. The lowest BCUT2D eigenvalue weighted by atomic mass is 9.99. The van der Waals surface area contributed by atoms with E-state index in [-0.39, 0.29) is 12.8 Å². The van der Waals surface area contributed by atoms with E-state index in [0.717, 1.165) is 39.8 Å². The fourth-order valence-electron chi connectivity index (χ4n) is 4.88. The van der Waals surface area contributed by atoms with E-state index in [9.17, 15) is 14.7 Å². The number of rotatable bonds is 15. The van der Waals surface area contributed by atoms with E-state index < -0.39 is 11.9 Å². The highest BCUT2D eigenvalue weighted by atomic mass is 16.5. The van der Waals surface area contributed by atoms with E-state index in [2.05, 4.69) is 31.2 Å². The van der Waals surface area contributed by atoms with Crippen molar-refractivity contribution in [2.75, 3.05) is 0 Å². The molecule has 0 bridgehead atoms. The molecule has 40 heavy (non-hydrogen) atoms. The minimum absolute atomic E-state index is 0.0979. The summed E-state index contributed by atoms with van der Waals surface area (Å²) in [6.07, 6.45) is 9.18. The Kier molecular flexibility index (Phi) is 10.2. The van der Waals surface area contributed by atoms with Crippen molar-refractivity contribution in [2.24, 2.45) is 0 Å². The predicted octanol–water partition coefficient (Wildman–Crippen LogP) is 7.83. The largest absolute Gasteiger partial charge is 0.489 e. The maximum absolute atomic E-state index is 11.7. The van der Waals surface area contributed by atoms with Crippen LogP contribution < -0.4 is 4.74 Å². The average Bonchev–Trinajstić information content (AvgIpc) is 3.29. The summed E-state index contributed by atoms with van der Waals surface area (Å²) in [5, 5.41) is 19.6. The summed E-state index contributed by atoms with van der Waals surface area (Å²) in [4.78, 5) is 22.7. The van der Waals surface area contributed by atoms with E-state index in [1.807, 2.05) is 65.4 Å². The molecule has 1 aromatic heterocycles. The zero-order valence-electron chi connectivity index (χ0n) is 23.0. The topological polar surface area (TPSA) is 88.8 Å². The van der Waals surface area contributed by atoms with Crippen LogP contribution in [-0.2, 0) is 29.2 Å². The van der Waals surface area contributed by atoms with Crippen LogP contribution in [0.1, 0.15) is 67.7 Å². The smallest absolute Gasteiger partial charge is 0.307 e. The van der Waals surface area contributed by atoms with Crippen LogP contribution in [0.3, 0.4) is 0 Å². The zero-order valence-corrected chi connectivity index (χ0v) is 23.0. The van der Waals surface area contributed by atoms with Gasteiger partial charge in [0.05, 0.1) is 6.42 Å². The molecule has 1 heterocycles. The van der Waals surface area contributed by atoms with Crippen LogP contribution in [0, 0.1) is 0 Å². The summed E-state index contributed by atoms with van der Waals surface area (Å²) < 4.78 is 8.04. The van der Waals surface area contributed by atoms with Crippen LogP contribution in [0.25, 0.3) is 22.6 Å². The number of aryl methyl sites for hydroxylation is 2. The van der Waals surface area contributed by atoms with Crippen molar-refractivity contribution in [3.05, 3.63) is 101 Å². The van der Waals surface area contributed by atoms with Crippen LogP contribution >= 0.6 is 0 Å². The molecule has 4 rings (SSSR count). The predicted molar refractivity (Wildman–Crippen MR) is 159 cm³/mol. The number of para-hydroxylation sites is 1. The van der Waals surface area contributed by atoms with Crippen molar-refractivity contribution in [2.45, 2.75) is 65.0 Å². The summed E-state index contributed by atoms with van der Waals surface area (Å²) in [5.74, 6) is -1.00. The fourth-order valence-corrected chi connectivity index (χ4v) is 4.88. The van der Waals surface area contributed by atoms with Gasteiger partial charge in [0, 0.05) is 35.6 Å². The van der Waals surface area contributed by atoms with Gasteiger partial charge < -0.3 is 19.5 Å². The molecule has 0 saturated carbocycles. The van der Waals surface area contributed by atoms with E-state index in [1.54, 1.807) is 0 Å². The second-order valence-corrected chi connectivity index (χ2v) is 10.1. The third-order valence-electron chi connectivity index (χ3n) is 7.00. The normalized spacial score (nSPS) is 11.6. The number of aliphatic carboxylic acids is 2. The third-order valence-corrected chi connectivity index (χ3v) is 7.00. The third kappa shape index (κ3) is 8.09. The van der Waals surface area contributed by atoms with Gasteiger partial charge in [-0.25, -0.2) is 0 Å². The molecule has 4 aromatic rings. The highest BCUT2D eigenvalue weighted by Crippen LogP contribution is 2.29. The van der Waals surface area contributed by atoms with Gasteiger partial charge in [-0.05, 0) is 65.8 Å². The summed E-state index contributed by atoms with van der Waals surface area (Å²) in [6.45, 7) is 3.25. The SMILES string of the molecule is CCCCCc1ccc(COc2ccc(C(=Cc3cn(CCCC(=O)O)c4ccccc34)CC(=O)O)cc2)cc1. The number of benzene rings is 3. The van der Waals surface area contributed by atoms with Gasteiger partial charge in [-0.15, -0.1) is 0 Å². The second kappa shape index (κ2) is 14.2.